The molecule has 1 aliphatic heterocycles. The van der Waals surface area contributed by atoms with Crippen LogP contribution in [0.15, 0.2) is 18.3 Å². The highest BCUT2D eigenvalue weighted by Crippen LogP contribution is 2.24. The van der Waals surface area contributed by atoms with Gasteiger partial charge in [0.05, 0.1) is 0 Å². The lowest BCUT2D eigenvalue weighted by Gasteiger charge is -2.40. The molecule has 0 atom stereocenters. The van der Waals surface area contributed by atoms with Gasteiger partial charge in [-0.05, 0) is 25.0 Å². The predicted molar refractivity (Wildman–Crippen MR) is 80.4 cm³/mol. The summed E-state index contributed by atoms with van der Waals surface area (Å²) >= 11 is 0. The molecule has 118 valence electrons. The van der Waals surface area contributed by atoms with Crippen molar-refractivity contribution in [3.05, 3.63) is 24.0 Å². The summed E-state index contributed by atoms with van der Waals surface area (Å²) in [5, 5.41) is 9.73. The molecular formula is C16H21N3O3. The molecule has 0 spiro atoms. The number of rotatable bonds is 2. The molecule has 0 bridgehead atoms. The van der Waals surface area contributed by atoms with Crippen LogP contribution in [-0.2, 0) is 4.79 Å². The first-order chi connectivity index (χ1) is 10.7. The summed E-state index contributed by atoms with van der Waals surface area (Å²) in [6.07, 6.45) is 7.22. The van der Waals surface area contributed by atoms with Gasteiger partial charge in [-0.3, -0.25) is 9.59 Å². The fraction of sp³-hybridized carbons (Fsp3) is 0.562. The van der Waals surface area contributed by atoms with Crippen LogP contribution in [0.2, 0.25) is 0 Å². The van der Waals surface area contributed by atoms with E-state index in [4.69, 9.17) is 0 Å². The molecule has 6 heteroatoms. The van der Waals surface area contributed by atoms with Gasteiger partial charge in [0.1, 0.15) is 12.3 Å². The van der Waals surface area contributed by atoms with Gasteiger partial charge < -0.3 is 14.9 Å². The highest BCUT2D eigenvalue weighted by atomic mass is 16.3. The molecule has 0 aromatic carbocycles. The molecule has 6 nitrogen and oxygen atoms in total. The minimum absolute atomic E-state index is 0.00178. The van der Waals surface area contributed by atoms with Gasteiger partial charge in [-0.1, -0.05) is 19.3 Å². The second-order valence-electron chi connectivity index (χ2n) is 5.98. The summed E-state index contributed by atoms with van der Waals surface area (Å²) < 4.78 is 0. The summed E-state index contributed by atoms with van der Waals surface area (Å²) in [5.41, 5.74) is 0.0152. The van der Waals surface area contributed by atoms with E-state index in [0.717, 1.165) is 12.8 Å². The Labute approximate surface area is 129 Å². The summed E-state index contributed by atoms with van der Waals surface area (Å²) in [6, 6.07) is 3.33. The molecule has 0 unspecified atom stereocenters. The van der Waals surface area contributed by atoms with Crippen LogP contribution in [0.4, 0.5) is 0 Å². The fourth-order valence-corrected chi connectivity index (χ4v) is 3.35. The van der Waals surface area contributed by atoms with Crippen molar-refractivity contribution >= 4 is 11.8 Å². The number of hydrogen-bond donors (Lipinski definition) is 1. The quantitative estimate of drug-likeness (QED) is 0.896. The lowest BCUT2D eigenvalue weighted by Crippen LogP contribution is -2.55. The summed E-state index contributed by atoms with van der Waals surface area (Å²) in [7, 11) is 0. The number of amides is 2. The van der Waals surface area contributed by atoms with Crippen LogP contribution in [0.1, 0.15) is 42.6 Å². The predicted octanol–water partition coefficient (Wildman–Crippen LogP) is 1.40. The molecule has 1 saturated heterocycles. The highest BCUT2D eigenvalue weighted by molar-refractivity contribution is 5.97. The zero-order valence-corrected chi connectivity index (χ0v) is 12.6. The van der Waals surface area contributed by atoms with Gasteiger partial charge in [-0.25, -0.2) is 4.98 Å². The zero-order valence-electron chi connectivity index (χ0n) is 12.6. The molecule has 3 rings (SSSR count). The second-order valence-corrected chi connectivity index (χ2v) is 5.98. The Balaban J connectivity index is 1.66. The number of piperazine rings is 1. The largest absolute Gasteiger partial charge is 0.505 e. The molecule has 1 N–H and O–H groups in total. The van der Waals surface area contributed by atoms with Crippen LogP contribution in [0.5, 0.6) is 5.75 Å². The van der Waals surface area contributed by atoms with E-state index in [1.165, 1.54) is 36.4 Å². The summed E-state index contributed by atoms with van der Waals surface area (Å²) in [4.78, 5) is 32.1. The number of aromatic nitrogens is 1. The van der Waals surface area contributed by atoms with Crippen LogP contribution in [0.25, 0.3) is 0 Å². The van der Waals surface area contributed by atoms with Crippen molar-refractivity contribution in [3.63, 3.8) is 0 Å². The van der Waals surface area contributed by atoms with Crippen molar-refractivity contribution in [2.45, 2.75) is 38.1 Å². The zero-order chi connectivity index (χ0) is 15.5. The summed E-state index contributed by atoms with van der Waals surface area (Å²) in [5.74, 6) is -0.522. The van der Waals surface area contributed by atoms with Crippen LogP contribution >= 0.6 is 0 Å². The Morgan fingerprint density at radius 1 is 1.23 bits per heavy atom. The van der Waals surface area contributed by atoms with E-state index in [-0.39, 0.29) is 29.8 Å². The molecule has 2 heterocycles. The van der Waals surface area contributed by atoms with Gasteiger partial charge >= 0.3 is 0 Å². The van der Waals surface area contributed by atoms with Crippen molar-refractivity contribution in [1.82, 2.24) is 14.8 Å². The molecule has 1 aromatic heterocycles. The van der Waals surface area contributed by atoms with Crippen LogP contribution < -0.4 is 0 Å². The lowest BCUT2D eigenvalue weighted by atomic mass is 9.93. The number of nitrogens with zero attached hydrogens (tertiary/aromatic N) is 3. The first-order valence-electron chi connectivity index (χ1n) is 7.89. The molecule has 2 amide bonds. The molecule has 1 saturated carbocycles. The SMILES string of the molecule is O=C(c1ncccc1O)N1CCN(C2CCCCC2)C(=O)C1. The van der Waals surface area contributed by atoms with Crippen molar-refractivity contribution in [2.24, 2.45) is 0 Å². The number of hydrogen-bond acceptors (Lipinski definition) is 4. The van der Waals surface area contributed by atoms with Gasteiger partial charge in [0.25, 0.3) is 5.91 Å². The standard InChI is InChI=1S/C16H21N3O3/c20-13-7-4-8-17-15(13)16(22)18-9-10-19(14(21)11-18)12-5-2-1-3-6-12/h4,7-8,12,20H,1-3,5-6,9-11H2. The third-order valence-electron chi connectivity index (χ3n) is 4.55. The minimum Gasteiger partial charge on any atom is -0.505 e. The Morgan fingerprint density at radius 3 is 2.68 bits per heavy atom. The van der Waals surface area contributed by atoms with E-state index >= 15 is 0 Å². The smallest absolute Gasteiger partial charge is 0.276 e. The maximum Gasteiger partial charge on any atom is 0.276 e. The first-order valence-corrected chi connectivity index (χ1v) is 7.89. The number of carbonyl (C=O) groups is 2. The molecule has 1 aliphatic carbocycles. The molecule has 0 radical (unpaired) electrons. The summed E-state index contributed by atoms with van der Waals surface area (Å²) in [6.45, 7) is 1.14. The van der Waals surface area contributed by atoms with Gasteiger partial charge in [0.2, 0.25) is 5.91 Å². The van der Waals surface area contributed by atoms with Gasteiger partial charge in [-0.2, -0.15) is 0 Å². The number of pyridine rings is 1. The van der Waals surface area contributed by atoms with E-state index < -0.39 is 0 Å². The Morgan fingerprint density at radius 2 is 2.00 bits per heavy atom. The monoisotopic (exact) mass is 303 g/mol. The Hall–Kier alpha value is -2.11. The lowest BCUT2D eigenvalue weighted by molar-refractivity contribution is -0.138. The van der Waals surface area contributed by atoms with Crippen LogP contribution in [0, 0.1) is 0 Å². The molecule has 2 aliphatic rings. The highest BCUT2D eigenvalue weighted by Gasteiger charge is 2.33. The van der Waals surface area contributed by atoms with Crippen molar-refractivity contribution in [1.29, 1.82) is 0 Å². The van der Waals surface area contributed by atoms with E-state index in [2.05, 4.69) is 4.98 Å². The van der Waals surface area contributed by atoms with Crippen molar-refractivity contribution < 1.29 is 14.7 Å². The maximum absolute atomic E-state index is 12.4. The topological polar surface area (TPSA) is 73.7 Å². The maximum atomic E-state index is 12.4. The third kappa shape index (κ3) is 2.91. The van der Waals surface area contributed by atoms with Gasteiger partial charge in [0.15, 0.2) is 5.69 Å². The fourth-order valence-electron chi connectivity index (χ4n) is 3.35. The Kier molecular flexibility index (Phi) is 4.27. The van der Waals surface area contributed by atoms with Crippen molar-refractivity contribution in [3.8, 4) is 5.75 Å². The molecule has 1 aromatic rings. The van der Waals surface area contributed by atoms with Gasteiger partial charge in [0, 0.05) is 25.3 Å². The average Bonchev–Trinajstić information content (AvgIpc) is 2.55. The van der Waals surface area contributed by atoms with Crippen LogP contribution in [0.3, 0.4) is 0 Å². The van der Waals surface area contributed by atoms with E-state index in [0.29, 0.717) is 19.1 Å². The van der Waals surface area contributed by atoms with Crippen LogP contribution in [-0.4, -0.2) is 57.4 Å². The number of carbonyl (C=O) groups excluding carboxylic acids is 2. The Bertz CT molecular complexity index is 570. The normalized spacial score (nSPS) is 20.3. The number of aromatic hydroxyl groups is 1. The first kappa shape index (κ1) is 14.8. The van der Waals surface area contributed by atoms with Crippen molar-refractivity contribution in [2.75, 3.05) is 19.6 Å². The molecule has 22 heavy (non-hydrogen) atoms. The average molecular weight is 303 g/mol. The van der Waals surface area contributed by atoms with E-state index in [1.54, 1.807) is 6.07 Å². The third-order valence-corrected chi connectivity index (χ3v) is 4.55. The van der Waals surface area contributed by atoms with E-state index in [1.807, 2.05) is 4.90 Å². The molecule has 2 fully saturated rings. The minimum atomic E-state index is -0.380. The van der Waals surface area contributed by atoms with E-state index in [9.17, 15) is 14.7 Å². The second kappa shape index (κ2) is 6.34. The molecular weight excluding hydrogens is 282 g/mol. The van der Waals surface area contributed by atoms with Gasteiger partial charge in [-0.15, -0.1) is 0 Å².